The number of rotatable bonds is 8. The monoisotopic (exact) mass is 284 g/mol. The minimum absolute atomic E-state index is 0.420. The molecule has 21 heavy (non-hydrogen) atoms. The molecule has 0 aliphatic carbocycles. The Labute approximate surface area is 127 Å². The van der Waals surface area contributed by atoms with E-state index in [0.29, 0.717) is 12.6 Å². The van der Waals surface area contributed by atoms with Crippen LogP contribution in [-0.4, -0.2) is 22.7 Å². The topological polar surface area (TPSA) is 45.2 Å². The maximum Gasteiger partial charge on any atom is 0.0914 e. The minimum atomic E-state index is -0.446. The Morgan fingerprint density at radius 2 is 1.95 bits per heavy atom. The summed E-state index contributed by atoms with van der Waals surface area (Å²) in [5.41, 5.74) is 2.23. The van der Waals surface area contributed by atoms with E-state index < -0.39 is 6.10 Å². The molecule has 1 aromatic heterocycles. The van der Waals surface area contributed by atoms with Crippen LogP contribution in [0, 0.1) is 0 Å². The molecule has 1 heterocycles. The normalized spacial score (nSPS) is 13.8. The molecule has 0 fully saturated rings. The van der Waals surface area contributed by atoms with E-state index >= 15 is 0 Å². The fourth-order valence-corrected chi connectivity index (χ4v) is 2.41. The van der Waals surface area contributed by atoms with Crippen LogP contribution >= 0.6 is 0 Å². The lowest BCUT2D eigenvalue weighted by Gasteiger charge is -2.19. The highest BCUT2D eigenvalue weighted by atomic mass is 16.3. The van der Waals surface area contributed by atoms with Gasteiger partial charge in [-0.25, -0.2) is 0 Å². The van der Waals surface area contributed by atoms with E-state index in [1.165, 1.54) is 5.56 Å². The van der Waals surface area contributed by atoms with Crippen molar-refractivity contribution in [2.24, 2.45) is 0 Å². The Morgan fingerprint density at radius 1 is 1.14 bits per heavy atom. The van der Waals surface area contributed by atoms with Gasteiger partial charge in [0.25, 0.3) is 0 Å². The molecule has 112 valence electrons. The second kappa shape index (κ2) is 8.55. The van der Waals surface area contributed by atoms with E-state index in [2.05, 4.69) is 23.3 Å². The number of pyridine rings is 1. The standard InChI is InChI=1S/C18H24N2O/c1-2-17(11-10-15-7-6-12-19-13-15)20-14-18(21)16-8-4-3-5-9-16/h3-9,12-13,17-18,20-21H,2,10-11,14H2,1H3/t17?,18-/m1/s1. The van der Waals surface area contributed by atoms with Crippen molar-refractivity contribution in [3.8, 4) is 0 Å². The number of benzene rings is 1. The summed E-state index contributed by atoms with van der Waals surface area (Å²) >= 11 is 0. The zero-order valence-electron chi connectivity index (χ0n) is 12.6. The third kappa shape index (κ3) is 5.29. The van der Waals surface area contributed by atoms with Gasteiger partial charge in [0.15, 0.2) is 0 Å². The highest BCUT2D eigenvalue weighted by molar-refractivity contribution is 5.17. The first kappa shape index (κ1) is 15.7. The lowest BCUT2D eigenvalue weighted by Crippen LogP contribution is -2.32. The summed E-state index contributed by atoms with van der Waals surface area (Å²) in [6.07, 6.45) is 6.41. The van der Waals surface area contributed by atoms with E-state index in [-0.39, 0.29) is 0 Å². The van der Waals surface area contributed by atoms with Gasteiger partial charge in [-0.1, -0.05) is 43.3 Å². The van der Waals surface area contributed by atoms with Gasteiger partial charge in [-0.2, -0.15) is 0 Å². The zero-order valence-corrected chi connectivity index (χ0v) is 12.6. The third-order valence-corrected chi connectivity index (χ3v) is 3.78. The molecule has 0 bridgehead atoms. The molecule has 0 saturated carbocycles. The van der Waals surface area contributed by atoms with Gasteiger partial charge in [-0.05, 0) is 36.5 Å². The van der Waals surface area contributed by atoms with Crippen molar-refractivity contribution in [1.82, 2.24) is 10.3 Å². The molecule has 2 N–H and O–H groups in total. The van der Waals surface area contributed by atoms with Crippen LogP contribution in [0.4, 0.5) is 0 Å². The van der Waals surface area contributed by atoms with Gasteiger partial charge >= 0.3 is 0 Å². The van der Waals surface area contributed by atoms with Crippen LogP contribution in [0.1, 0.15) is 37.0 Å². The number of nitrogens with zero attached hydrogens (tertiary/aromatic N) is 1. The first-order chi connectivity index (χ1) is 10.3. The van der Waals surface area contributed by atoms with Crippen LogP contribution in [-0.2, 0) is 6.42 Å². The van der Waals surface area contributed by atoms with Crippen LogP contribution in [0.2, 0.25) is 0 Å². The van der Waals surface area contributed by atoms with Gasteiger partial charge in [-0.3, -0.25) is 4.98 Å². The second-order valence-electron chi connectivity index (χ2n) is 5.34. The number of hydrogen-bond donors (Lipinski definition) is 2. The van der Waals surface area contributed by atoms with Crippen molar-refractivity contribution >= 4 is 0 Å². The molecule has 2 atom stereocenters. The molecule has 0 radical (unpaired) electrons. The molecule has 3 nitrogen and oxygen atoms in total. The number of hydrogen-bond acceptors (Lipinski definition) is 3. The van der Waals surface area contributed by atoms with Crippen molar-refractivity contribution in [2.45, 2.75) is 38.3 Å². The molecule has 1 aromatic carbocycles. The van der Waals surface area contributed by atoms with Crippen molar-refractivity contribution in [3.05, 3.63) is 66.0 Å². The molecule has 0 saturated heterocycles. The molecule has 0 aliphatic rings. The van der Waals surface area contributed by atoms with E-state index in [1.807, 2.05) is 42.6 Å². The van der Waals surface area contributed by atoms with Gasteiger partial charge in [0.1, 0.15) is 0 Å². The SMILES string of the molecule is CCC(CCc1cccnc1)NC[C@@H](O)c1ccccc1. The molecule has 2 aromatic rings. The summed E-state index contributed by atoms with van der Waals surface area (Å²) in [5, 5.41) is 13.6. The summed E-state index contributed by atoms with van der Waals surface area (Å²) < 4.78 is 0. The average Bonchev–Trinajstić information content (AvgIpc) is 2.56. The van der Waals surface area contributed by atoms with E-state index in [9.17, 15) is 5.11 Å². The van der Waals surface area contributed by atoms with Crippen molar-refractivity contribution in [3.63, 3.8) is 0 Å². The molecule has 3 heteroatoms. The lowest BCUT2D eigenvalue weighted by molar-refractivity contribution is 0.168. The fourth-order valence-electron chi connectivity index (χ4n) is 2.41. The van der Waals surface area contributed by atoms with E-state index in [1.54, 1.807) is 6.20 Å². The molecular weight excluding hydrogens is 260 g/mol. The van der Waals surface area contributed by atoms with Gasteiger partial charge in [-0.15, -0.1) is 0 Å². The molecule has 2 rings (SSSR count). The summed E-state index contributed by atoms with van der Waals surface area (Å²) in [6, 6.07) is 14.3. The first-order valence-corrected chi connectivity index (χ1v) is 7.65. The summed E-state index contributed by atoms with van der Waals surface area (Å²) in [6.45, 7) is 2.77. The van der Waals surface area contributed by atoms with Gasteiger partial charge in [0, 0.05) is 25.0 Å². The maximum atomic E-state index is 10.2. The highest BCUT2D eigenvalue weighted by Gasteiger charge is 2.11. The number of aliphatic hydroxyl groups excluding tert-OH is 1. The summed E-state index contributed by atoms with van der Waals surface area (Å²) in [5.74, 6) is 0. The Bertz CT molecular complexity index is 501. The molecule has 1 unspecified atom stereocenters. The minimum Gasteiger partial charge on any atom is -0.387 e. The Balaban J connectivity index is 1.77. The average molecular weight is 284 g/mol. The number of aliphatic hydroxyl groups is 1. The van der Waals surface area contributed by atoms with Crippen LogP contribution in [0.15, 0.2) is 54.9 Å². The smallest absolute Gasteiger partial charge is 0.0914 e. The Morgan fingerprint density at radius 3 is 2.62 bits per heavy atom. The molecule has 0 aliphatic heterocycles. The summed E-state index contributed by atoms with van der Waals surface area (Å²) in [7, 11) is 0. The van der Waals surface area contributed by atoms with Gasteiger partial charge in [0.05, 0.1) is 6.10 Å². The Kier molecular flexibility index (Phi) is 6.38. The maximum absolute atomic E-state index is 10.2. The Hall–Kier alpha value is -1.71. The highest BCUT2D eigenvalue weighted by Crippen LogP contribution is 2.12. The lowest BCUT2D eigenvalue weighted by atomic mass is 10.0. The van der Waals surface area contributed by atoms with Gasteiger partial charge < -0.3 is 10.4 Å². The fraction of sp³-hybridized carbons (Fsp3) is 0.389. The van der Waals surface area contributed by atoms with Crippen molar-refractivity contribution in [2.75, 3.05) is 6.54 Å². The predicted molar refractivity (Wildman–Crippen MR) is 86.0 cm³/mol. The second-order valence-corrected chi connectivity index (χ2v) is 5.34. The molecule has 0 spiro atoms. The predicted octanol–water partition coefficient (Wildman–Crippen LogP) is 3.12. The molecular formula is C18H24N2O. The van der Waals surface area contributed by atoms with Crippen LogP contribution in [0.25, 0.3) is 0 Å². The quantitative estimate of drug-likeness (QED) is 0.783. The summed E-state index contributed by atoms with van der Waals surface area (Å²) in [4.78, 5) is 4.14. The number of aryl methyl sites for hydroxylation is 1. The van der Waals surface area contributed by atoms with Crippen molar-refractivity contribution < 1.29 is 5.11 Å². The first-order valence-electron chi connectivity index (χ1n) is 7.65. The van der Waals surface area contributed by atoms with E-state index in [0.717, 1.165) is 24.8 Å². The van der Waals surface area contributed by atoms with Crippen LogP contribution < -0.4 is 5.32 Å². The largest absolute Gasteiger partial charge is 0.387 e. The van der Waals surface area contributed by atoms with Crippen molar-refractivity contribution in [1.29, 1.82) is 0 Å². The van der Waals surface area contributed by atoms with Crippen LogP contribution in [0.3, 0.4) is 0 Å². The van der Waals surface area contributed by atoms with E-state index in [4.69, 9.17) is 0 Å². The third-order valence-electron chi connectivity index (χ3n) is 3.78. The number of aromatic nitrogens is 1. The molecule has 0 amide bonds. The number of nitrogens with one attached hydrogen (secondary N) is 1. The van der Waals surface area contributed by atoms with Crippen LogP contribution in [0.5, 0.6) is 0 Å². The zero-order chi connectivity index (χ0) is 14.9. The van der Waals surface area contributed by atoms with Gasteiger partial charge in [0.2, 0.25) is 0 Å².